The van der Waals surface area contributed by atoms with Crippen LogP contribution in [-0.2, 0) is 28.2 Å². The fourth-order valence-corrected chi connectivity index (χ4v) is 3.79. The van der Waals surface area contributed by atoms with Crippen LogP contribution in [0.2, 0.25) is 0 Å². The lowest BCUT2D eigenvalue weighted by atomic mass is 10.2. The molecule has 36 heavy (non-hydrogen) atoms. The summed E-state index contributed by atoms with van der Waals surface area (Å²) in [5, 5.41) is 17.4. The zero-order valence-corrected chi connectivity index (χ0v) is 20.1. The first kappa shape index (κ1) is 24.1. The minimum Gasteiger partial charge on any atom is -0.477 e. The van der Waals surface area contributed by atoms with E-state index in [0.29, 0.717) is 22.9 Å². The maximum absolute atomic E-state index is 12.9. The van der Waals surface area contributed by atoms with Crippen LogP contribution < -0.4 is 16.0 Å². The number of aromatic carboxylic acids is 1. The van der Waals surface area contributed by atoms with Gasteiger partial charge < -0.3 is 39.3 Å². The van der Waals surface area contributed by atoms with Crippen molar-refractivity contribution in [1.29, 1.82) is 0 Å². The van der Waals surface area contributed by atoms with Crippen molar-refractivity contribution in [3.05, 3.63) is 77.8 Å². The van der Waals surface area contributed by atoms with Gasteiger partial charge in [-0.3, -0.25) is 14.4 Å². The number of aryl methyl sites for hydroxylation is 4. The molecule has 0 aromatic carbocycles. The Morgan fingerprint density at radius 2 is 1.28 bits per heavy atom. The van der Waals surface area contributed by atoms with Crippen molar-refractivity contribution in [2.75, 3.05) is 16.0 Å². The molecule has 0 radical (unpaired) electrons. The average Bonchev–Trinajstić information content (AvgIpc) is 3.56. The SMILES string of the molecule is Cn1cc(NC(=O)c2cccn2C)cc1NC(=O)c1cc(C(=O)Nc2cc(C(=O)O)n(C)c2)n(C)c1. The summed E-state index contributed by atoms with van der Waals surface area (Å²) in [6.07, 6.45) is 6.44. The lowest BCUT2D eigenvalue weighted by molar-refractivity contribution is 0.0685. The highest BCUT2D eigenvalue weighted by Crippen LogP contribution is 2.20. The van der Waals surface area contributed by atoms with Gasteiger partial charge in [0.2, 0.25) is 0 Å². The third kappa shape index (κ3) is 4.78. The van der Waals surface area contributed by atoms with Crippen LogP contribution in [0.15, 0.2) is 55.1 Å². The fraction of sp³-hybridized carbons (Fsp3) is 0.167. The first-order valence-electron chi connectivity index (χ1n) is 10.8. The maximum atomic E-state index is 12.9. The molecule has 0 fully saturated rings. The molecule has 0 aliphatic rings. The summed E-state index contributed by atoms with van der Waals surface area (Å²) in [6, 6.07) is 7.89. The van der Waals surface area contributed by atoms with E-state index in [4.69, 9.17) is 0 Å². The van der Waals surface area contributed by atoms with Crippen molar-refractivity contribution in [3.8, 4) is 0 Å². The molecule has 4 heterocycles. The molecule has 3 amide bonds. The van der Waals surface area contributed by atoms with E-state index in [1.165, 1.54) is 33.7 Å². The van der Waals surface area contributed by atoms with Gasteiger partial charge in [0.1, 0.15) is 22.9 Å². The van der Waals surface area contributed by atoms with Gasteiger partial charge in [0, 0.05) is 59.0 Å². The molecule has 4 aromatic rings. The first-order chi connectivity index (χ1) is 17.0. The molecule has 0 aliphatic heterocycles. The number of anilines is 3. The number of amides is 3. The lowest BCUT2D eigenvalue weighted by Gasteiger charge is -2.04. The van der Waals surface area contributed by atoms with Crippen LogP contribution >= 0.6 is 0 Å². The summed E-state index contributed by atoms with van der Waals surface area (Å²) in [6.45, 7) is 0. The molecule has 186 valence electrons. The molecule has 0 atom stereocenters. The Labute approximate surface area is 205 Å². The molecule has 4 rings (SSSR count). The number of hydrogen-bond acceptors (Lipinski definition) is 4. The van der Waals surface area contributed by atoms with E-state index >= 15 is 0 Å². The van der Waals surface area contributed by atoms with Gasteiger partial charge in [0.25, 0.3) is 17.7 Å². The summed E-state index contributed by atoms with van der Waals surface area (Å²) in [7, 11) is 6.68. The fourth-order valence-electron chi connectivity index (χ4n) is 3.79. The van der Waals surface area contributed by atoms with E-state index in [9.17, 15) is 24.3 Å². The number of carbonyl (C=O) groups is 4. The Hall–Kier alpha value is -5.00. The Morgan fingerprint density at radius 1 is 0.667 bits per heavy atom. The largest absolute Gasteiger partial charge is 0.477 e. The smallest absolute Gasteiger partial charge is 0.352 e. The third-order valence-electron chi connectivity index (χ3n) is 5.66. The minimum absolute atomic E-state index is 0.0269. The molecule has 0 saturated heterocycles. The number of nitrogens with zero attached hydrogens (tertiary/aromatic N) is 4. The standard InChI is InChI=1S/C24H25N7O5/c1-28-7-5-6-17(28)22(33)26-16-10-20(31(4)13-16)27-21(32)14-8-18(29(2)11-14)23(34)25-15-9-19(24(35)36)30(3)12-15/h5-13H,1-4H3,(H,25,34)(H,26,33)(H,27,32)(H,35,36). The highest BCUT2D eigenvalue weighted by Gasteiger charge is 2.19. The summed E-state index contributed by atoms with van der Waals surface area (Å²) in [5.74, 6) is -1.89. The molecule has 4 aromatic heterocycles. The van der Waals surface area contributed by atoms with Gasteiger partial charge in [-0.05, 0) is 24.3 Å². The molecular weight excluding hydrogens is 466 g/mol. The van der Waals surface area contributed by atoms with E-state index in [2.05, 4.69) is 16.0 Å². The second-order valence-corrected chi connectivity index (χ2v) is 8.35. The van der Waals surface area contributed by atoms with E-state index in [-0.39, 0.29) is 22.9 Å². The van der Waals surface area contributed by atoms with Crippen molar-refractivity contribution < 1.29 is 24.3 Å². The Morgan fingerprint density at radius 3 is 1.89 bits per heavy atom. The van der Waals surface area contributed by atoms with Crippen LogP contribution in [0, 0.1) is 0 Å². The van der Waals surface area contributed by atoms with Crippen LogP contribution in [0.1, 0.15) is 41.8 Å². The topological polar surface area (TPSA) is 144 Å². The van der Waals surface area contributed by atoms with Gasteiger partial charge in [0.15, 0.2) is 0 Å². The number of carbonyl (C=O) groups excluding carboxylic acids is 3. The van der Waals surface area contributed by atoms with Gasteiger partial charge in [-0.15, -0.1) is 0 Å². The predicted octanol–water partition coefficient (Wildman–Crippen LogP) is 2.50. The van der Waals surface area contributed by atoms with Gasteiger partial charge in [-0.1, -0.05) is 0 Å². The average molecular weight is 492 g/mol. The zero-order valence-electron chi connectivity index (χ0n) is 20.1. The number of aromatic nitrogens is 4. The van der Waals surface area contributed by atoms with Crippen LogP contribution in [0.3, 0.4) is 0 Å². The van der Waals surface area contributed by atoms with Crippen LogP contribution in [0.5, 0.6) is 0 Å². The first-order valence-corrected chi connectivity index (χ1v) is 10.8. The molecule has 0 aliphatic carbocycles. The number of carboxylic acids is 1. The Bertz CT molecular complexity index is 1500. The summed E-state index contributed by atoms with van der Waals surface area (Å²) < 4.78 is 6.25. The minimum atomic E-state index is -1.11. The van der Waals surface area contributed by atoms with Crippen molar-refractivity contribution >= 4 is 40.9 Å². The molecule has 0 unspecified atom stereocenters. The summed E-state index contributed by atoms with van der Waals surface area (Å²) >= 11 is 0. The molecular formula is C24H25N7O5. The van der Waals surface area contributed by atoms with Crippen molar-refractivity contribution in [2.24, 2.45) is 28.2 Å². The van der Waals surface area contributed by atoms with Crippen molar-refractivity contribution in [3.63, 3.8) is 0 Å². The molecule has 0 bridgehead atoms. The monoisotopic (exact) mass is 491 g/mol. The Balaban J connectivity index is 1.44. The van der Waals surface area contributed by atoms with Gasteiger partial charge in [-0.25, -0.2) is 4.79 Å². The number of nitrogens with one attached hydrogen (secondary N) is 3. The van der Waals surface area contributed by atoms with E-state index < -0.39 is 17.8 Å². The molecule has 4 N–H and O–H groups in total. The number of rotatable bonds is 7. The van der Waals surface area contributed by atoms with E-state index in [1.807, 2.05) is 0 Å². The predicted molar refractivity (Wildman–Crippen MR) is 132 cm³/mol. The lowest BCUT2D eigenvalue weighted by Crippen LogP contribution is -2.15. The molecule has 0 spiro atoms. The van der Waals surface area contributed by atoms with Crippen LogP contribution in [0.25, 0.3) is 0 Å². The normalized spacial score (nSPS) is 10.8. The highest BCUT2D eigenvalue weighted by atomic mass is 16.4. The molecule has 12 nitrogen and oxygen atoms in total. The molecule has 12 heteroatoms. The van der Waals surface area contributed by atoms with E-state index in [1.54, 1.807) is 67.9 Å². The van der Waals surface area contributed by atoms with Crippen LogP contribution in [-0.4, -0.2) is 47.1 Å². The molecule has 0 saturated carbocycles. The summed E-state index contributed by atoms with van der Waals surface area (Å²) in [4.78, 5) is 49.3. The maximum Gasteiger partial charge on any atom is 0.352 e. The summed E-state index contributed by atoms with van der Waals surface area (Å²) in [5.41, 5.74) is 1.81. The Kier molecular flexibility index (Phi) is 6.26. The van der Waals surface area contributed by atoms with Gasteiger partial charge >= 0.3 is 5.97 Å². The third-order valence-corrected chi connectivity index (χ3v) is 5.66. The highest BCUT2D eigenvalue weighted by molar-refractivity contribution is 6.09. The van der Waals surface area contributed by atoms with E-state index in [0.717, 1.165) is 0 Å². The second kappa shape index (κ2) is 9.33. The van der Waals surface area contributed by atoms with Crippen molar-refractivity contribution in [2.45, 2.75) is 0 Å². The van der Waals surface area contributed by atoms with Gasteiger partial charge in [-0.2, -0.15) is 0 Å². The number of hydrogen-bond donors (Lipinski definition) is 4. The zero-order chi connectivity index (χ0) is 26.1. The number of carboxylic acid groups (broad SMARTS) is 1. The van der Waals surface area contributed by atoms with Crippen molar-refractivity contribution in [1.82, 2.24) is 18.3 Å². The van der Waals surface area contributed by atoms with Crippen LogP contribution in [0.4, 0.5) is 17.2 Å². The second-order valence-electron chi connectivity index (χ2n) is 8.35. The van der Waals surface area contributed by atoms with Gasteiger partial charge in [0.05, 0.1) is 16.9 Å². The quantitative estimate of drug-likeness (QED) is 0.314.